The minimum atomic E-state index is -0.362. The topological polar surface area (TPSA) is 78.3 Å². The van der Waals surface area contributed by atoms with Crippen molar-refractivity contribution in [3.05, 3.63) is 71.0 Å². The molecule has 0 radical (unpaired) electrons. The zero-order valence-corrected chi connectivity index (χ0v) is 22.1. The Balaban J connectivity index is 1.69. The maximum absolute atomic E-state index is 12.7. The molecule has 0 aliphatic rings. The molecule has 0 aliphatic carbocycles. The first-order valence-electron chi connectivity index (χ1n) is 10.9. The van der Waals surface area contributed by atoms with Gasteiger partial charge in [0, 0.05) is 22.8 Å². The summed E-state index contributed by atoms with van der Waals surface area (Å²) in [6.07, 6.45) is 1.41. The number of hydrogen-bond donors (Lipinski definition) is 1. The van der Waals surface area contributed by atoms with Crippen LogP contribution >= 0.6 is 27.7 Å². The van der Waals surface area contributed by atoms with Crippen molar-refractivity contribution in [2.75, 3.05) is 18.2 Å². The van der Waals surface area contributed by atoms with Gasteiger partial charge in [-0.3, -0.25) is 9.36 Å². The van der Waals surface area contributed by atoms with E-state index in [0.29, 0.717) is 29.0 Å². The molecule has 9 heteroatoms. The molecule has 1 N–H and O–H groups in total. The van der Waals surface area contributed by atoms with E-state index in [4.69, 9.17) is 9.47 Å². The predicted octanol–water partition coefficient (Wildman–Crippen LogP) is 6.23. The standard InChI is InChI=1S/C25H29BrN4O3S/c1-6-12-30-24(17(4)33-20-9-7-8-19(14-20)32-5)28-29-25(30)34-15-23(31)27-22-11-10-18(26)13-21(22)16(2)3/h6-11,13-14,16-17H,1,12,15H2,2-5H3,(H,27,31). The van der Waals surface area contributed by atoms with Crippen LogP contribution in [0.25, 0.3) is 0 Å². The van der Waals surface area contributed by atoms with Gasteiger partial charge in [-0.05, 0) is 48.7 Å². The third-order valence-corrected chi connectivity index (χ3v) is 6.48. The van der Waals surface area contributed by atoms with Crippen LogP contribution in [-0.2, 0) is 11.3 Å². The summed E-state index contributed by atoms with van der Waals surface area (Å²) in [5.41, 5.74) is 1.89. The first-order chi connectivity index (χ1) is 16.3. The molecule has 34 heavy (non-hydrogen) atoms. The van der Waals surface area contributed by atoms with Gasteiger partial charge in [-0.2, -0.15) is 0 Å². The number of nitrogens with one attached hydrogen (secondary N) is 1. The van der Waals surface area contributed by atoms with E-state index in [-0.39, 0.29) is 23.7 Å². The predicted molar refractivity (Wildman–Crippen MR) is 140 cm³/mol. The van der Waals surface area contributed by atoms with E-state index in [1.807, 2.05) is 54.0 Å². The molecule has 0 saturated heterocycles. The lowest BCUT2D eigenvalue weighted by Crippen LogP contribution is -2.16. The Bertz CT molecular complexity index is 1150. The Morgan fingerprint density at radius 2 is 1.97 bits per heavy atom. The van der Waals surface area contributed by atoms with Crippen LogP contribution in [0.4, 0.5) is 5.69 Å². The van der Waals surface area contributed by atoms with Gasteiger partial charge in [-0.25, -0.2) is 0 Å². The molecule has 0 spiro atoms. The van der Waals surface area contributed by atoms with Crippen molar-refractivity contribution in [1.29, 1.82) is 0 Å². The Morgan fingerprint density at radius 3 is 2.68 bits per heavy atom. The summed E-state index contributed by atoms with van der Waals surface area (Å²) in [7, 11) is 1.61. The zero-order chi connectivity index (χ0) is 24.7. The van der Waals surface area contributed by atoms with E-state index < -0.39 is 0 Å². The third-order valence-electron chi connectivity index (χ3n) is 5.02. The van der Waals surface area contributed by atoms with Crippen molar-refractivity contribution in [3.63, 3.8) is 0 Å². The van der Waals surface area contributed by atoms with E-state index in [0.717, 1.165) is 15.7 Å². The van der Waals surface area contributed by atoms with Gasteiger partial charge in [-0.15, -0.1) is 16.8 Å². The number of anilines is 1. The second-order valence-corrected chi connectivity index (χ2v) is 9.76. The lowest BCUT2D eigenvalue weighted by atomic mass is 10.0. The van der Waals surface area contributed by atoms with Gasteiger partial charge >= 0.3 is 0 Å². The molecule has 2 aromatic carbocycles. The summed E-state index contributed by atoms with van der Waals surface area (Å²) in [5, 5.41) is 12.3. The van der Waals surface area contributed by atoms with Gasteiger partial charge in [0.2, 0.25) is 5.91 Å². The maximum Gasteiger partial charge on any atom is 0.234 e. The number of rotatable bonds is 11. The van der Waals surface area contributed by atoms with Gasteiger partial charge in [-0.1, -0.05) is 53.7 Å². The fourth-order valence-electron chi connectivity index (χ4n) is 3.38. The number of allylic oxidation sites excluding steroid dienone is 1. The molecule has 3 rings (SSSR count). The SMILES string of the molecule is C=CCn1c(SCC(=O)Nc2ccc(Br)cc2C(C)C)nnc1C(C)Oc1cccc(OC)c1. The summed E-state index contributed by atoms with van der Waals surface area (Å²) in [6, 6.07) is 13.3. The fraction of sp³-hybridized carbons (Fsp3) is 0.320. The molecule has 1 aromatic heterocycles. The monoisotopic (exact) mass is 544 g/mol. The lowest BCUT2D eigenvalue weighted by Gasteiger charge is -2.16. The summed E-state index contributed by atoms with van der Waals surface area (Å²) >= 11 is 4.82. The van der Waals surface area contributed by atoms with Crippen molar-refractivity contribution >= 4 is 39.3 Å². The minimum Gasteiger partial charge on any atom is -0.497 e. The zero-order valence-electron chi connectivity index (χ0n) is 19.7. The number of carbonyl (C=O) groups excluding carboxylic acids is 1. The molecule has 1 atom stereocenters. The number of nitrogens with zero attached hydrogens (tertiary/aromatic N) is 3. The van der Waals surface area contributed by atoms with Gasteiger partial charge in [0.05, 0.1) is 12.9 Å². The molecule has 1 amide bonds. The second-order valence-electron chi connectivity index (χ2n) is 7.90. The maximum atomic E-state index is 12.7. The smallest absolute Gasteiger partial charge is 0.234 e. The highest BCUT2D eigenvalue weighted by molar-refractivity contribution is 9.10. The van der Waals surface area contributed by atoms with E-state index in [1.54, 1.807) is 13.2 Å². The van der Waals surface area contributed by atoms with Crippen molar-refractivity contribution < 1.29 is 14.3 Å². The molecule has 3 aromatic rings. The quantitative estimate of drug-likeness (QED) is 0.227. The van der Waals surface area contributed by atoms with Crippen molar-refractivity contribution in [2.24, 2.45) is 0 Å². The second kappa shape index (κ2) is 12.1. The van der Waals surface area contributed by atoms with E-state index in [9.17, 15) is 4.79 Å². The molecule has 0 fully saturated rings. The van der Waals surface area contributed by atoms with Crippen LogP contribution in [0, 0.1) is 0 Å². The summed E-state index contributed by atoms with van der Waals surface area (Å²) < 4.78 is 14.2. The van der Waals surface area contributed by atoms with Gasteiger partial charge in [0.15, 0.2) is 17.1 Å². The number of ether oxygens (including phenoxy) is 2. The number of amides is 1. The number of thioether (sulfide) groups is 1. The molecule has 1 unspecified atom stereocenters. The van der Waals surface area contributed by atoms with Gasteiger partial charge in [0.25, 0.3) is 0 Å². The highest BCUT2D eigenvalue weighted by Gasteiger charge is 2.20. The van der Waals surface area contributed by atoms with Crippen LogP contribution < -0.4 is 14.8 Å². The van der Waals surface area contributed by atoms with Crippen LogP contribution in [-0.4, -0.2) is 33.5 Å². The van der Waals surface area contributed by atoms with Crippen LogP contribution in [0.2, 0.25) is 0 Å². The molecule has 0 saturated carbocycles. The summed E-state index contributed by atoms with van der Waals surface area (Å²) in [6.45, 7) is 10.4. The van der Waals surface area contributed by atoms with Crippen LogP contribution in [0.5, 0.6) is 11.5 Å². The van der Waals surface area contributed by atoms with Crippen LogP contribution in [0.1, 0.15) is 44.2 Å². The first-order valence-corrected chi connectivity index (χ1v) is 12.7. The number of halogens is 1. The molecular weight excluding hydrogens is 516 g/mol. The molecule has 1 heterocycles. The average molecular weight is 546 g/mol. The van der Waals surface area contributed by atoms with Crippen molar-refractivity contribution in [1.82, 2.24) is 14.8 Å². The van der Waals surface area contributed by atoms with E-state index >= 15 is 0 Å². The molecule has 0 aliphatic heterocycles. The third kappa shape index (κ3) is 6.64. The van der Waals surface area contributed by atoms with Crippen molar-refractivity contribution in [3.8, 4) is 11.5 Å². The van der Waals surface area contributed by atoms with Crippen LogP contribution in [0.15, 0.2) is 64.7 Å². The van der Waals surface area contributed by atoms with Crippen molar-refractivity contribution in [2.45, 2.75) is 44.5 Å². The molecule has 0 bridgehead atoms. The van der Waals surface area contributed by atoms with Gasteiger partial charge < -0.3 is 14.8 Å². The van der Waals surface area contributed by atoms with E-state index in [1.165, 1.54) is 11.8 Å². The fourth-order valence-corrected chi connectivity index (χ4v) is 4.51. The number of benzene rings is 2. The normalized spacial score (nSPS) is 11.8. The van der Waals surface area contributed by atoms with Crippen LogP contribution in [0.3, 0.4) is 0 Å². The lowest BCUT2D eigenvalue weighted by molar-refractivity contribution is -0.113. The Kier molecular flexibility index (Phi) is 9.18. The highest BCUT2D eigenvalue weighted by Crippen LogP contribution is 2.29. The number of aromatic nitrogens is 3. The van der Waals surface area contributed by atoms with E-state index in [2.05, 4.69) is 51.9 Å². The Hall–Kier alpha value is -2.78. The minimum absolute atomic E-state index is 0.107. The summed E-state index contributed by atoms with van der Waals surface area (Å²) in [4.78, 5) is 12.7. The van der Waals surface area contributed by atoms with Gasteiger partial charge in [0.1, 0.15) is 11.5 Å². The summed E-state index contributed by atoms with van der Waals surface area (Å²) in [5.74, 6) is 2.42. The Labute approximate surface area is 213 Å². The Morgan fingerprint density at radius 1 is 1.21 bits per heavy atom. The molecule has 7 nitrogen and oxygen atoms in total. The molecule has 180 valence electrons. The first kappa shape index (κ1) is 25.8. The largest absolute Gasteiger partial charge is 0.497 e. The number of hydrogen-bond acceptors (Lipinski definition) is 6. The highest BCUT2D eigenvalue weighted by atomic mass is 79.9. The molecular formula is C25H29BrN4O3S. The number of methoxy groups -OCH3 is 1. The number of carbonyl (C=O) groups is 1. The average Bonchev–Trinajstić information content (AvgIpc) is 3.21.